The Kier molecular flexibility index (Phi) is 5.14. The van der Waals surface area contributed by atoms with Crippen molar-refractivity contribution in [2.45, 2.75) is 12.6 Å². The monoisotopic (exact) mass is 364 g/mol. The molecular formula is C18H18ClO4P. The smallest absolute Gasteiger partial charge is 0.184 e. The molecule has 0 saturated carbocycles. The summed E-state index contributed by atoms with van der Waals surface area (Å²) in [5.74, 6) is 0. The average molecular weight is 365 g/mol. The van der Waals surface area contributed by atoms with Crippen molar-refractivity contribution in [1.82, 2.24) is 0 Å². The fourth-order valence-electron chi connectivity index (χ4n) is 2.84. The fraction of sp³-hybridized carbons (Fsp3) is 0.333. The molecule has 4 rings (SSSR count). The van der Waals surface area contributed by atoms with E-state index >= 15 is 0 Å². The molecule has 2 aliphatic rings. The van der Waals surface area contributed by atoms with Gasteiger partial charge in [0.05, 0.1) is 33.7 Å². The van der Waals surface area contributed by atoms with Gasteiger partial charge in [-0.2, -0.15) is 0 Å². The van der Waals surface area contributed by atoms with Gasteiger partial charge < -0.3 is 18.9 Å². The first-order valence-electron chi connectivity index (χ1n) is 7.93. The van der Waals surface area contributed by atoms with E-state index < -0.39 is 7.27 Å². The van der Waals surface area contributed by atoms with E-state index in [4.69, 9.17) is 30.2 Å². The van der Waals surface area contributed by atoms with E-state index in [2.05, 4.69) is 12.1 Å². The van der Waals surface area contributed by atoms with Crippen molar-refractivity contribution < 1.29 is 18.9 Å². The van der Waals surface area contributed by atoms with Gasteiger partial charge in [-0.05, 0) is 22.7 Å². The fourth-order valence-corrected chi connectivity index (χ4v) is 4.73. The molecule has 2 heterocycles. The first-order valence-corrected chi connectivity index (χ1v) is 10.2. The number of hydrogen-bond donors (Lipinski definition) is 0. The van der Waals surface area contributed by atoms with Crippen LogP contribution in [0.5, 0.6) is 0 Å². The molecule has 126 valence electrons. The lowest BCUT2D eigenvalue weighted by atomic mass is 10.2. The zero-order chi connectivity index (χ0) is 16.4. The maximum Gasteiger partial charge on any atom is 0.184 e. The Morgan fingerprint density at radius 1 is 0.708 bits per heavy atom. The summed E-state index contributed by atoms with van der Waals surface area (Å²) in [5.41, 5.74) is 2.02. The van der Waals surface area contributed by atoms with E-state index in [0.717, 1.165) is 21.7 Å². The summed E-state index contributed by atoms with van der Waals surface area (Å²) < 4.78 is 22.3. The lowest BCUT2D eigenvalue weighted by Crippen LogP contribution is -2.12. The number of ether oxygens (including phenoxy) is 4. The first-order chi connectivity index (χ1) is 11.8. The van der Waals surface area contributed by atoms with Crippen LogP contribution in [0.25, 0.3) is 0 Å². The van der Waals surface area contributed by atoms with Gasteiger partial charge in [-0.3, -0.25) is 0 Å². The van der Waals surface area contributed by atoms with Gasteiger partial charge in [0.15, 0.2) is 12.6 Å². The second-order valence-electron chi connectivity index (χ2n) is 5.62. The van der Waals surface area contributed by atoms with Gasteiger partial charge in [0.1, 0.15) is 0 Å². The highest BCUT2D eigenvalue weighted by atomic mass is 35.7. The maximum absolute atomic E-state index is 6.79. The summed E-state index contributed by atoms with van der Waals surface area (Å²) in [6.07, 6.45) is -0.562. The molecule has 24 heavy (non-hydrogen) atoms. The van der Waals surface area contributed by atoms with E-state index in [-0.39, 0.29) is 12.6 Å². The Labute approximate surface area is 147 Å². The van der Waals surface area contributed by atoms with Crippen LogP contribution in [0.3, 0.4) is 0 Å². The van der Waals surface area contributed by atoms with Gasteiger partial charge in [0.25, 0.3) is 0 Å². The van der Waals surface area contributed by atoms with Crippen LogP contribution in [0.1, 0.15) is 23.7 Å². The normalized spacial score (nSPS) is 19.4. The van der Waals surface area contributed by atoms with Crippen molar-refractivity contribution in [2.24, 2.45) is 0 Å². The summed E-state index contributed by atoms with van der Waals surface area (Å²) in [6, 6.07) is 16.3. The minimum Gasteiger partial charge on any atom is -0.346 e. The summed E-state index contributed by atoms with van der Waals surface area (Å²) in [7, 11) is -0.982. The van der Waals surface area contributed by atoms with Crippen molar-refractivity contribution in [3.05, 3.63) is 59.7 Å². The third kappa shape index (κ3) is 3.50. The first kappa shape index (κ1) is 16.5. The minimum absolute atomic E-state index is 0.281. The molecule has 0 aliphatic carbocycles. The molecule has 2 saturated heterocycles. The van der Waals surface area contributed by atoms with Gasteiger partial charge in [0.2, 0.25) is 0 Å². The molecule has 0 aromatic heterocycles. The topological polar surface area (TPSA) is 36.9 Å². The average Bonchev–Trinajstić information content (AvgIpc) is 3.35. The van der Waals surface area contributed by atoms with Gasteiger partial charge in [-0.25, -0.2) is 0 Å². The Hall–Kier alpha value is -1.00. The standard InChI is InChI=1S/C18H18ClO4P/c19-24(15-5-1-3-13(11-15)17-20-7-8-21-17)16-6-2-4-14(12-16)18-22-9-10-23-18/h1-6,11-12,17-18H,7-10H2. The molecule has 2 aromatic rings. The Morgan fingerprint density at radius 2 is 1.12 bits per heavy atom. The van der Waals surface area contributed by atoms with E-state index in [1.165, 1.54) is 0 Å². The molecule has 0 amide bonds. The van der Waals surface area contributed by atoms with Crippen molar-refractivity contribution in [3.8, 4) is 0 Å². The Bertz CT molecular complexity index is 639. The molecular weight excluding hydrogens is 347 g/mol. The molecule has 0 atom stereocenters. The molecule has 0 N–H and O–H groups in total. The largest absolute Gasteiger partial charge is 0.346 e. The van der Waals surface area contributed by atoms with Crippen LogP contribution in [-0.4, -0.2) is 26.4 Å². The van der Waals surface area contributed by atoms with E-state index in [0.29, 0.717) is 26.4 Å². The number of hydrogen-bond acceptors (Lipinski definition) is 4. The molecule has 0 spiro atoms. The highest BCUT2D eigenvalue weighted by Gasteiger charge is 2.22. The van der Waals surface area contributed by atoms with E-state index in [1.54, 1.807) is 0 Å². The zero-order valence-electron chi connectivity index (χ0n) is 13.1. The van der Waals surface area contributed by atoms with Gasteiger partial charge in [-0.1, -0.05) is 47.6 Å². The van der Waals surface area contributed by atoms with Crippen molar-refractivity contribution in [3.63, 3.8) is 0 Å². The molecule has 2 aliphatic heterocycles. The third-order valence-corrected chi connectivity index (χ3v) is 6.62. The summed E-state index contributed by atoms with van der Waals surface area (Å²) >= 11 is 6.79. The Morgan fingerprint density at radius 3 is 1.54 bits per heavy atom. The van der Waals surface area contributed by atoms with E-state index in [1.807, 2.05) is 36.4 Å². The molecule has 2 fully saturated rings. The van der Waals surface area contributed by atoms with Crippen LogP contribution in [0.4, 0.5) is 0 Å². The number of halogens is 1. The SMILES string of the molecule is ClP(c1cccc(C2OCCO2)c1)c1cccc(C2OCCO2)c1. The van der Waals surface area contributed by atoms with Gasteiger partial charge >= 0.3 is 0 Å². The highest BCUT2D eigenvalue weighted by Crippen LogP contribution is 2.40. The van der Waals surface area contributed by atoms with Crippen LogP contribution in [0.2, 0.25) is 0 Å². The molecule has 0 unspecified atom stereocenters. The number of rotatable bonds is 4. The van der Waals surface area contributed by atoms with Crippen LogP contribution in [0.15, 0.2) is 48.5 Å². The van der Waals surface area contributed by atoms with Crippen LogP contribution in [0, 0.1) is 0 Å². The summed E-state index contributed by atoms with van der Waals surface area (Å²) in [4.78, 5) is 0. The summed E-state index contributed by atoms with van der Waals surface area (Å²) in [6.45, 7) is 2.53. The third-order valence-electron chi connectivity index (χ3n) is 3.98. The molecule has 0 radical (unpaired) electrons. The minimum atomic E-state index is -0.982. The predicted molar refractivity (Wildman–Crippen MR) is 94.2 cm³/mol. The second kappa shape index (κ2) is 7.49. The van der Waals surface area contributed by atoms with Gasteiger partial charge in [-0.15, -0.1) is 0 Å². The van der Waals surface area contributed by atoms with Crippen LogP contribution >= 0.6 is 18.5 Å². The number of benzene rings is 2. The van der Waals surface area contributed by atoms with Gasteiger partial charge in [0, 0.05) is 11.1 Å². The predicted octanol–water partition coefficient (Wildman–Crippen LogP) is 3.36. The second-order valence-corrected chi connectivity index (χ2v) is 8.23. The Balaban J connectivity index is 1.57. The van der Waals surface area contributed by atoms with Crippen LogP contribution in [-0.2, 0) is 18.9 Å². The van der Waals surface area contributed by atoms with E-state index in [9.17, 15) is 0 Å². The van der Waals surface area contributed by atoms with Crippen LogP contribution < -0.4 is 10.6 Å². The maximum atomic E-state index is 6.79. The van der Waals surface area contributed by atoms with Crippen molar-refractivity contribution >= 4 is 29.1 Å². The molecule has 4 nitrogen and oxygen atoms in total. The molecule has 6 heteroatoms. The van der Waals surface area contributed by atoms with Crippen molar-refractivity contribution in [1.29, 1.82) is 0 Å². The zero-order valence-corrected chi connectivity index (χ0v) is 14.7. The summed E-state index contributed by atoms with van der Waals surface area (Å²) in [5, 5.41) is 2.15. The quantitative estimate of drug-likeness (QED) is 0.780. The molecule has 2 aromatic carbocycles. The lowest BCUT2D eigenvalue weighted by Gasteiger charge is -2.16. The highest BCUT2D eigenvalue weighted by molar-refractivity contribution is 7.95. The van der Waals surface area contributed by atoms with Crippen molar-refractivity contribution in [2.75, 3.05) is 26.4 Å². The lowest BCUT2D eigenvalue weighted by molar-refractivity contribution is -0.0442. The molecule has 0 bridgehead atoms.